The average Bonchev–Trinajstić information content (AvgIpc) is 2.68. The van der Waals surface area contributed by atoms with E-state index in [0.29, 0.717) is 25.5 Å². The van der Waals surface area contributed by atoms with Gasteiger partial charge in [-0.1, -0.05) is 0 Å². The molecule has 2 heterocycles. The summed E-state index contributed by atoms with van der Waals surface area (Å²) in [6, 6.07) is 0. The predicted molar refractivity (Wildman–Crippen MR) is 57.2 cm³/mol. The molecule has 0 aliphatic carbocycles. The van der Waals surface area contributed by atoms with Gasteiger partial charge >= 0.3 is 5.97 Å². The summed E-state index contributed by atoms with van der Waals surface area (Å²) in [6.45, 7) is 6.09. The summed E-state index contributed by atoms with van der Waals surface area (Å²) in [7, 11) is 0. The fourth-order valence-corrected chi connectivity index (χ4v) is 1.93. The number of fused-ring (bicyclic) bond motifs is 1. The molecule has 0 unspecified atom stereocenters. The molecule has 1 aliphatic heterocycles. The molecular formula is C11H16N2O3. The fraction of sp³-hybridized carbons (Fsp3) is 0.636. The zero-order valence-corrected chi connectivity index (χ0v) is 9.65. The van der Waals surface area contributed by atoms with Crippen molar-refractivity contribution < 1.29 is 14.3 Å². The Balaban J connectivity index is 2.38. The van der Waals surface area contributed by atoms with Crippen LogP contribution in [0.1, 0.15) is 35.6 Å². The molecule has 0 spiro atoms. The van der Waals surface area contributed by atoms with Crippen molar-refractivity contribution in [1.82, 2.24) is 9.78 Å². The van der Waals surface area contributed by atoms with Gasteiger partial charge in [-0.15, -0.1) is 0 Å². The summed E-state index contributed by atoms with van der Waals surface area (Å²) in [5.41, 5.74) is 2.42. The molecule has 16 heavy (non-hydrogen) atoms. The Hall–Kier alpha value is -1.36. The number of aryl methyl sites for hydroxylation is 1. The molecule has 0 bridgehead atoms. The topological polar surface area (TPSA) is 53.3 Å². The van der Waals surface area contributed by atoms with Gasteiger partial charge < -0.3 is 9.47 Å². The van der Waals surface area contributed by atoms with E-state index in [1.54, 1.807) is 6.92 Å². The van der Waals surface area contributed by atoms with Crippen LogP contribution in [0.2, 0.25) is 0 Å². The van der Waals surface area contributed by atoms with E-state index in [0.717, 1.165) is 24.2 Å². The first-order chi connectivity index (χ1) is 7.77. The lowest BCUT2D eigenvalue weighted by atomic mass is 10.1. The van der Waals surface area contributed by atoms with Gasteiger partial charge in [0, 0.05) is 24.2 Å². The Morgan fingerprint density at radius 1 is 1.56 bits per heavy atom. The summed E-state index contributed by atoms with van der Waals surface area (Å²) in [4.78, 5) is 11.7. The monoisotopic (exact) mass is 224 g/mol. The van der Waals surface area contributed by atoms with Gasteiger partial charge in [-0.05, 0) is 13.8 Å². The molecule has 0 fully saturated rings. The molecule has 88 valence electrons. The van der Waals surface area contributed by atoms with Gasteiger partial charge in [-0.25, -0.2) is 4.79 Å². The number of rotatable bonds is 3. The standard InChI is InChI=1S/C11H16N2O3/c1-3-13-9-5-6-15-7-8(9)10(12-13)11(14)16-4-2/h3-7H2,1-2H3. The van der Waals surface area contributed by atoms with Gasteiger partial charge in [0.1, 0.15) is 0 Å². The van der Waals surface area contributed by atoms with E-state index in [1.165, 1.54) is 0 Å². The van der Waals surface area contributed by atoms with Crippen LogP contribution in [0.5, 0.6) is 0 Å². The van der Waals surface area contributed by atoms with E-state index < -0.39 is 0 Å². The highest BCUT2D eigenvalue weighted by Crippen LogP contribution is 2.21. The van der Waals surface area contributed by atoms with Crippen LogP contribution in [0, 0.1) is 0 Å². The summed E-state index contributed by atoms with van der Waals surface area (Å²) in [5.74, 6) is -0.351. The van der Waals surface area contributed by atoms with E-state index in [2.05, 4.69) is 5.10 Å². The number of ether oxygens (including phenoxy) is 2. The van der Waals surface area contributed by atoms with Gasteiger partial charge in [0.15, 0.2) is 5.69 Å². The smallest absolute Gasteiger partial charge is 0.359 e. The third kappa shape index (κ3) is 1.82. The number of hydrogen-bond acceptors (Lipinski definition) is 4. The van der Waals surface area contributed by atoms with Crippen LogP contribution in [-0.4, -0.2) is 29.0 Å². The molecule has 2 rings (SSSR count). The molecule has 0 atom stereocenters. The molecule has 1 aliphatic rings. The summed E-state index contributed by atoms with van der Waals surface area (Å²) in [6.07, 6.45) is 0.815. The van der Waals surface area contributed by atoms with Crippen molar-refractivity contribution in [3.8, 4) is 0 Å². The van der Waals surface area contributed by atoms with Crippen LogP contribution in [0.4, 0.5) is 0 Å². The maximum Gasteiger partial charge on any atom is 0.359 e. The van der Waals surface area contributed by atoms with Gasteiger partial charge in [-0.3, -0.25) is 4.68 Å². The second-order valence-electron chi connectivity index (χ2n) is 3.61. The Kier molecular flexibility index (Phi) is 3.24. The lowest BCUT2D eigenvalue weighted by molar-refractivity contribution is 0.0509. The van der Waals surface area contributed by atoms with Gasteiger partial charge in [0.05, 0.1) is 19.8 Å². The maximum absolute atomic E-state index is 11.7. The van der Waals surface area contributed by atoms with Crippen molar-refractivity contribution in [3.63, 3.8) is 0 Å². The zero-order chi connectivity index (χ0) is 11.5. The van der Waals surface area contributed by atoms with Crippen molar-refractivity contribution in [1.29, 1.82) is 0 Å². The minimum Gasteiger partial charge on any atom is -0.461 e. The number of hydrogen-bond donors (Lipinski definition) is 0. The van der Waals surface area contributed by atoms with Crippen molar-refractivity contribution in [2.75, 3.05) is 13.2 Å². The minimum absolute atomic E-state index is 0.351. The first-order valence-electron chi connectivity index (χ1n) is 5.61. The summed E-state index contributed by atoms with van der Waals surface area (Å²) in [5, 5.41) is 4.29. The third-order valence-corrected chi connectivity index (χ3v) is 2.66. The molecule has 5 heteroatoms. The quantitative estimate of drug-likeness (QED) is 0.723. The highest BCUT2D eigenvalue weighted by Gasteiger charge is 2.25. The summed E-state index contributed by atoms with van der Waals surface area (Å²) >= 11 is 0. The normalized spacial score (nSPS) is 14.6. The molecule has 5 nitrogen and oxygen atoms in total. The SMILES string of the molecule is CCOC(=O)c1nn(CC)c2c1COCC2. The van der Waals surface area contributed by atoms with E-state index in [4.69, 9.17) is 9.47 Å². The third-order valence-electron chi connectivity index (χ3n) is 2.66. The van der Waals surface area contributed by atoms with Crippen LogP contribution >= 0.6 is 0 Å². The van der Waals surface area contributed by atoms with Crippen molar-refractivity contribution in [3.05, 3.63) is 17.0 Å². The Morgan fingerprint density at radius 3 is 3.06 bits per heavy atom. The first kappa shape index (κ1) is 11.1. The number of carbonyl (C=O) groups is 1. The average molecular weight is 224 g/mol. The fourth-order valence-electron chi connectivity index (χ4n) is 1.93. The molecule has 1 aromatic rings. The largest absolute Gasteiger partial charge is 0.461 e. The predicted octanol–water partition coefficient (Wildman–Crippen LogP) is 1.15. The molecular weight excluding hydrogens is 208 g/mol. The summed E-state index contributed by atoms with van der Waals surface area (Å²) < 4.78 is 12.2. The minimum atomic E-state index is -0.351. The van der Waals surface area contributed by atoms with Crippen molar-refractivity contribution in [2.45, 2.75) is 33.4 Å². The zero-order valence-electron chi connectivity index (χ0n) is 9.65. The Labute approximate surface area is 94.3 Å². The van der Waals surface area contributed by atoms with Crippen LogP contribution in [-0.2, 0) is 29.0 Å². The highest BCUT2D eigenvalue weighted by molar-refractivity contribution is 5.89. The number of esters is 1. The van der Waals surface area contributed by atoms with Crippen molar-refractivity contribution >= 4 is 5.97 Å². The first-order valence-corrected chi connectivity index (χ1v) is 5.61. The van der Waals surface area contributed by atoms with E-state index >= 15 is 0 Å². The lowest BCUT2D eigenvalue weighted by Gasteiger charge is -2.14. The molecule has 0 N–H and O–H groups in total. The number of aromatic nitrogens is 2. The molecule has 0 aromatic carbocycles. The van der Waals surface area contributed by atoms with Crippen LogP contribution in [0.15, 0.2) is 0 Å². The van der Waals surface area contributed by atoms with Crippen LogP contribution < -0.4 is 0 Å². The van der Waals surface area contributed by atoms with E-state index in [1.807, 2.05) is 11.6 Å². The molecule has 0 saturated heterocycles. The molecule has 0 radical (unpaired) electrons. The Morgan fingerprint density at radius 2 is 2.38 bits per heavy atom. The highest BCUT2D eigenvalue weighted by atomic mass is 16.5. The van der Waals surface area contributed by atoms with E-state index in [-0.39, 0.29) is 5.97 Å². The maximum atomic E-state index is 11.7. The van der Waals surface area contributed by atoms with Crippen molar-refractivity contribution in [2.24, 2.45) is 0 Å². The second kappa shape index (κ2) is 4.65. The lowest BCUT2D eigenvalue weighted by Crippen LogP contribution is -2.14. The van der Waals surface area contributed by atoms with Crippen LogP contribution in [0.25, 0.3) is 0 Å². The number of carbonyl (C=O) groups excluding carboxylic acids is 1. The van der Waals surface area contributed by atoms with Crippen LogP contribution in [0.3, 0.4) is 0 Å². The number of nitrogens with zero attached hydrogens (tertiary/aromatic N) is 2. The van der Waals surface area contributed by atoms with Gasteiger partial charge in [-0.2, -0.15) is 5.10 Å². The Bertz CT molecular complexity index is 398. The van der Waals surface area contributed by atoms with E-state index in [9.17, 15) is 4.79 Å². The molecule has 0 amide bonds. The second-order valence-corrected chi connectivity index (χ2v) is 3.61. The molecule has 0 saturated carbocycles. The molecule has 1 aromatic heterocycles. The van der Waals surface area contributed by atoms with Gasteiger partial charge in [0.25, 0.3) is 0 Å². The van der Waals surface area contributed by atoms with Gasteiger partial charge in [0.2, 0.25) is 0 Å².